The number of ether oxygens (including phenoxy) is 2. The Kier molecular flexibility index (Phi) is 10.5. The molecule has 80 valence electrons. The molecule has 0 aromatic heterocycles. The molecule has 0 spiro atoms. The van der Waals surface area contributed by atoms with Gasteiger partial charge >= 0.3 is 0 Å². The van der Waals surface area contributed by atoms with E-state index in [0.717, 1.165) is 38.9 Å². The van der Waals surface area contributed by atoms with Crippen LogP contribution in [0.5, 0.6) is 0 Å². The molecule has 0 aliphatic rings. The molecule has 2 nitrogen and oxygen atoms in total. The molecular weight excluding hydrogens is 188 g/mol. The van der Waals surface area contributed by atoms with Gasteiger partial charge in [-0.1, -0.05) is 26.7 Å². The zero-order chi connectivity index (χ0) is 9.94. The lowest BCUT2D eigenvalue weighted by Crippen LogP contribution is -2.20. The van der Waals surface area contributed by atoms with Crippen LogP contribution in [0.2, 0.25) is 0 Å². The third kappa shape index (κ3) is 8.54. The van der Waals surface area contributed by atoms with Gasteiger partial charge in [-0.2, -0.15) is 0 Å². The molecule has 3 heteroatoms. The second kappa shape index (κ2) is 10.3. The van der Waals surface area contributed by atoms with Crippen LogP contribution < -0.4 is 0 Å². The predicted molar refractivity (Wildman–Crippen MR) is 56.2 cm³/mol. The first kappa shape index (κ1) is 13.2. The quantitative estimate of drug-likeness (QED) is 0.329. The molecule has 0 radical (unpaired) electrons. The monoisotopic (exact) mass is 208 g/mol. The van der Waals surface area contributed by atoms with Crippen LogP contribution in [-0.2, 0) is 9.47 Å². The van der Waals surface area contributed by atoms with E-state index >= 15 is 0 Å². The van der Waals surface area contributed by atoms with Crippen molar-refractivity contribution >= 4 is 11.6 Å². The zero-order valence-electron chi connectivity index (χ0n) is 8.72. The lowest BCUT2D eigenvalue weighted by Gasteiger charge is -2.15. The van der Waals surface area contributed by atoms with Crippen LogP contribution >= 0.6 is 11.6 Å². The average Bonchev–Trinajstić information content (AvgIpc) is 2.16. The van der Waals surface area contributed by atoms with E-state index in [1.54, 1.807) is 0 Å². The fourth-order valence-electron chi connectivity index (χ4n) is 0.855. The van der Waals surface area contributed by atoms with Crippen LogP contribution in [-0.4, -0.2) is 25.4 Å². The van der Waals surface area contributed by atoms with E-state index in [2.05, 4.69) is 13.8 Å². The topological polar surface area (TPSA) is 18.5 Å². The molecule has 0 saturated carbocycles. The minimum Gasteiger partial charge on any atom is -0.351 e. The summed E-state index contributed by atoms with van der Waals surface area (Å²) in [7, 11) is 0. The lowest BCUT2D eigenvalue weighted by atomic mass is 10.4. The Labute approximate surface area is 86.6 Å². The fraction of sp³-hybridized carbons (Fsp3) is 1.00. The molecule has 0 aliphatic heterocycles. The van der Waals surface area contributed by atoms with Crippen molar-refractivity contribution < 1.29 is 9.47 Å². The van der Waals surface area contributed by atoms with Gasteiger partial charge in [-0.25, -0.2) is 0 Å². The van der Waals surface area contributed by atoms with Gasteiger partial charge in [0.05, 0.1) is 5.88 Å². The maximum atomic E-state index is 5.68. The summed E-state index contributed by atoms with van der Waals surface area (Å²) in [6.07, 6.45) is 4.22. The Morgan fingerprint density at radius 3 is 1.77 bits per heavy atom. The van der Waals surface area contributed by atoms with Gasteiger partial charge in [-0.15, -0.1) is 11.6 Å². The summed E-state index contributed by atoms with van der Waals surface area (Å²) < 4.78 is 10.8. The maximum Gasteiger partial charge on any atom is 0.170 e. The van der Waals surface area contributed by atoms with Crippen LogP contribution in [0.3, 0.4) is 0 Å². The van der Waals surface area contributed by atoms with E-state index in [1.807, 2.05) is 0 Å². The standard InChI is InChI=1S/C10H21ClO2/c1-3-5-7-12-10(9-11)13-8-6-4-2/h10H,3-9H2,1-2H3. The molecule has 0 saturated heterocycles. The first-order valence-electron chi connectivity index (χ1n) is 5.14. The van der Waals surface area contributed by atoms with Crippen LogP contribution in [0.4, 0.5) is 0 Å². The van der Waals surface area contributed by atoms with Gasteiger partial charge in [-0.05, 0) is 12.8 Å². The number of unbranched alkanes of at least 4 members (excludes halogenated alkanes) is 2. The molecule has 0 aromatic rings. The Bertz CT molecular complexity index is 88.9. The largest absolute Gasteiger partial charge is 0.351 e. The average molecular weight is 209 g/mol. The van der Waals surface area contributed by atoms with Gasteiger partial charge in [0.15, 0.2) is 6.29 Å². The summed E-state index contributed by atoms with van der Waals surface area (Å²) in [4.78, 5) is 0. The SMILES string of the molecule is CCCCOC(CCl)OCCCC. The van der Waals surface area contributed by atoms with Crippen LogP contribution in [0.15, 0.2) is 0 Å². The Hall–Kier alpha value is 0.210. The highest BCUT2D eigenvalue weighted by molar-refractivity contribution is 6.18. The smallest absolute Gasteiger partial charge is 0.170 e. The molecule has 0 rings (SSSR count). The summed E-state index contributed by atoms with van der Waals surface area (Å²) in [6.45, 7) is 5.77. The van der Waals surface area contributed by atoms with Crippen molar-refractivity contribution in [3.8, 4) is 0 Å². The number of hydrogen-bond acceptors (Lipinski definition) is 2. The number of hydrogen-bond donors (Lipinski definition) is 0. The molecule has 0 bridgehead atoms. The predicted octanol–water partition coefficient (Wildman–Crippen LogP) is 3.18. The van der Waals surface area contributed by atoms with Crippen LogP contribution in [0.25, 0.3) is 0 Å². The molecule has 0 amide bonds. The van der Waals surface area contributed by atoms with Gasteiger partial charge in [0, 0.05) is 13.2 Å². The number of rotatable bonds is 9. The Balaban J connectivity index is 3.28. The fourth-order valence-corrected chi connectivity index (χ4v) is 1.03. The first-order chi connectivity index (χ1) is 6.35. The highest BCUT2D eigenvalue weighted by Crippen LogP contribution is 2.02. The second-order valence-electron chi connectivity index (χ2n) is 3.03. The third-order valence-electron chi connectivity index (χ3n) is 1.73. The second-order valence-corrected chi connectivity index (χ2v) is 3.34. The summed E-state index contributed by atoms with van der Waals surface area (Å²) in [5.41, 5.74) is 0. The van der Waals surface area contributed by atoms with E-state index in [4.69, 9.17) is 21.1 Å². The molecule has 0 unspecified atom stereocenters. The lowest BCUT2D eigenvalue weighted by molar-refractivity contribution is -0.129. The highest BCUT2D eigenvalue weighted by atomic mass is 35.5. The van der Waals surface area contributed by atoms with Crippen LogP contribution in [0.1, 0.15) is 39.5 Å². The zero-order valence-corrected chi connectivity index (χ0v) is 9.48. The summed E-state index contributed by atoms with van der Waals surface area (Å²) in [5, 5.41) is 0. The van der Waals surface area contributed by atoms with Crippen molar-refractivity contribution in [3.05, 3.63) is 0 Å². The number of halogens is 1. The number of alkyl halides is 1. The Morgan fingerprint density at radius 2 is 1.46 bits per heavy atom. The van der Waals surface area contributed by atoms with Gasteiger partial charge in [0.1, 0.15) is 0 Å². The molecule has 0 atom stereocenters. The van der Waals surface area contributed by atoms with Crippen molar-refractivity contribution in [3.63, 3.8) is 0 Å². The van der Waals surface area contributed by atoms with Crippen molar-refractivity contribution in [1.29, 1.82) is 0 Å². The van der Waals surface area contributed by atoms with E-state index in [-0.39, 0.29) is 6.29 Å². The van der Waals surface area contributed by atoms with Gasteiger partial charge in [-0.3, -0.25) is 0 Å². The van der Waals surface area contributed by atoms with Crippen molar-refractivity contribution in [2.24, 2.45) is 0 Å². The Morgan fingerprint density at radius 1 is 1.00 bits per heavy atom. The summed E-state index contributed by atoms with van der Waals surface area (Å²) in [5.74, 6) is 0.424. The summed E-state index contributed by atoms with van der Waals surface area (Å²) >= 11 is 5.68. The third-order valence-corrected chi connectivity index (χ3v) is 1.98. The molecule has 0 fully saturated rings. The van der Waals surface area contributed by atoms with Gasteiger partial charge in [0.25, 0.3) is 0 Å². The molecule has 0 aromatic carbocycles. The van der Waals surface area contributed by atoms with E-state index in [9.17, 15) is 0 Å². The van der Waals surface area contributed by atoms with E-state index in [0.29, 0.717) is 5.88 Å². The molecular formula is C10H21ClO2. The van der Waals surface area contributed by atoms with E-state index in [1.165, 1.54) is 0 Å². The van der Waals surface area contributed by atoms with Crippen molar-refractivity contribution in [2.75, 3.05) is 19.1 Å². The van der Waals surface area contributed by atoms with Gasteiger partial charge in [0.2, 0.25) is 0 Å². The molecule has 13 heavy (non-hydrogen) atoms. The first-order valence-corrected chi connectivity index (χ1v) is 5.67. The van der Waals surface area contributed by atoms with Crippen molar-refractivity contribution in [1.82, 2.24) is 0 Å². The van der Waals surface area contributed by atoms with Crippen molar-refractivity contribution in [2.45, 2.75) is 45.8 Å². The molecule has 0 heterocycles. The minimum atomic E-state index is -0.209. The maximum absolute atomic E-state index is 5.68. The van der Waals surface area contributed by atoms with Crippen LogP contribution in [0, 0.1) is 0 Å². The minimum absolute atomic E-state index is 0.209. The highest BCUT2D eigenvalue weighted by Gasteiger charge is 2.06. The van der Waals surface area contributed by atoms with E-state index < -0.39 is 0 Å². The summed E-state index contributed by atoms with van der Waals surface area (Å²) in [6, 6.07) is 0. The molecule has 0 N–H and O–H groups in total. The normalized spacial score (nSPS) is 11.1. The molecule has 0 aliphatic carbocycles. The van der Waals surface area contributed by atoms with Gasteiger partial charge < -0.3 is 9.47 Å².